The lowest BCUT2D eigenvalue weighted by atomic mass is 10.0. The fourth-order valence-electron chi connectivity index (χ4n) is 2.91. The van der Waals surface area contributed by atoms with Crippen molar-refractivity contribution in [3.05, 3.63) is 102 Å². The highest BCUT2D eigenvalue weighted by atomic mass is 16.2. The van der Waals surface area contributed by atoms with Gasteiger partial charge in [-0.2, -0.15) is 0 Å². The molecule has 0 aromatic heterocycles. The minimum Gasteiger partial charge on any atom is -0.333 e. The molecule has 1 amide bonds. The summed E-state index contributed by atoms with van der Waals surface area (Å²) in [4.78, 5) is 25.1. The molecule has 3 N–H and O–H groups in total. The second-order valence-electron chi connectivity index (χ2n) is 6.43. The lowest BCUT2D eigenvalue weighted by molar-refractivity contribution is -0.682. The molecule has 27 heavy (non-hydrogen) atoms. The van der Waals surface area contributed by atoms with Crippen LogP contribution in [0.1, 0.15) is 34.5 Å². The van der Waals surface area contributed by atoms with Gasteiger partial charge in [-0.25, -0.2) is 0 Å². The molecule has 136 valence electrons. The van der Waals surface area contributed by atoms with Crippen LogP contribution in [0.4, 0.5) is 5.69 Å². The maximum absolute atomic E-state index is 12.7. The zero-order valence-corrected chi connectivity index (χ0v) is 15.3. The number of rotatable bonds is 7. The number of anilines is 1. The van der Waals surface area contributed by atoms with Crippen LogP contribution in [0.2, 0.25) is 0 Å². The molecule has 0 aliphatic carbocycles. The van der Waals surface area contributed by atoms with Gasteiger partial charge >= 0.3 is 0 Å². The first-order chi connectivity index (χ1) is 13.1. The van der Waals surface area contributed by atoms with E-state index in [1.165, 1.54) is 5.56 Å². The summed E-state index contributed by atoms with van der Waals surface area (Å²) in [5.74, 6) is -0.237. The third-order valence-electron chi connectivity index (χ3n) is 4.46. The van der Waals surface area contributed by atoms with Crippen molar-refractivity contribution in [2.24, 2.45) is 0 Å². The molecule has 4 heteroatoms. The van der Waals surface area contributed by atoms with Crippen molar-refractivity contribution in [1.82, 2.24) is 0 Å². The van der Waals surface area contributed by atoms with E-state index in [0.717, 1.165) is 0 Å². The SMILES string of the molecule is C[C@@H]([NH2+]CC(=O)Nc1ccccc1C(=O)c1ccccc1)c1ccccc1. The van der Waals surface area contributed by atoms with Crippen LogP contribution in [0.15, 0.2) is 84.9 Å². The Hall–Kier alpha value is -3.24. The first-order valence-corrected chi connectivity index (χ1v) is 9.02. The number of para-hydroxylation sites is 1. The first-order valence-electron chi connectivity index (χ1n) is 9.02. The Kier molecular flexibility index (Phi) is 6.13. The van der Waals surface area contributed by atoms with Crippen molar-refractivity contribution < 1.29 is 14.9 Å². The van der Waals surface area contributed by atoms with Gasteiger partial charge in [-0.3, -0.25) is 9.59 Å². The quantitative estimate of drug-likeness (QED) is 0.637. The fourth-order valence-corrected chi connectivity index (χ4v) is 2.91. The molecule has 0 aliphatic heterocycles. The second kappa shape index (κ2) is 8.92. The zero-order valence-electron chi connectivity index (χ0n) is 15.3. The van der Waals surface area contributed by atoms with Gasteiger partial charge in [0.2, 0.25) is 0 Å². The molecule has 0 saturated heterocycles. The van der Waals surface area contributed by atoms with Crippen molar-refractivity contribution in [2.45, 2.75) is 13.0 Å². The molecule has 0 bridgehead atoms. The molecule has 4 nitrogen and oxygen atoms in total. The van der Waals surface area contributed by atoms with Gasteiger partial charge in [0.15, 0.2) is 12.3 Å². The van der Waals surface area contributed by atoms with Crippen molar-refractivity contribution >= 4 is 17.4 Å². The minimum atomic E-state index is -0.133. The number of benzene rings is 3. The summed E-state index contributed by atoms with van der Waals surface area (Å²) in [6.07, 6.45) is 0. The van der Waals surface area contributed by atoms with E-state index in [0.29, 0.717) is 16.8 Å². The van der Waals surface area contributed by atoms with E-state index in [2.05, 4.69) is 12.2 Å². The Morgan fingerprint density at radius 3 is 2.15 bits per heavy atom. The number of nitrogens with one attached hydrogen (secondary N) is 1. The summed E-state index contributed by atoms with van der Waals surface area (Å²) >= 11 is 0. The summed E-state index contributed by atoms with van der Waals surface area (Å²) in [6.45, 7) is 2.35. The molecular formula is C23H23N2O2+. The van der Waals surface area contributed by atoms with E-state index in [-0.39, 0.29) is 24.3 Å². The molecule has 0 spiro atoms. The zero-order chi connectivity index (χ0) is 19.1. The third-order valence-corrected chi connectivity index (χ3v) is 4.46. The molecule has 3 aromatic rings. The van der Waals surface area contributed by atoms with E-state index >= 15 is 0 Å². The number of hydrogen-bond acceptors (Lipinski definition) is 2. The molecule has 0 radical (unpaired) electrons. The Bertz CT molecular complexity index is 908. The summed E-state index contributed by atoms with van der Waals surface area (Å²) in [6, 6.07) is 26.4. The summed E-state index contributed by atoms with van der Waals surface area (Å²) in [7, 11) is 0. The van der Waals surface area contributed by atoms with Crippen LogP contribution >= 0.6 is 0 Å². The van der Waals surface area contributed by atoms with Crippen LogP contribution < -0.4 is 10.6 Å². The third kappa shape index (κ3) is 4.90. The Balaban J connectivity index is 1.65. The maximum atomic E-state index is 12.7. The molecule has 0 unspecified atom stereocenters. The second-order valence-corrected chi connectivity index (χ2v) is 6.43. The van der Waals surface area contributed by atoms with Crippen LogP contribution in [0.5, 0.6) is 0 Å². The predicted octanol–water partition coefficient (Wildman–Crippen LogP) is 3.18. The van der Waals surface area contributed by atoms with Crippen LogP contribution in [0.3, 0.4) is 0 Å². The highest BCUT2D eigenvalue weighted by Crippen LogP contribution is 2.19. The van der Waals surface area contributed by atoms with E-state index in [4.69, 9.17) is 0 Å². The Labute approximate surface area is 159 Å². The van der Waals surface area contributed by atoms with E-state index in [9.17, 15) is 9.59 Å². The first kappa shape index (κ1) is 18.5. The van der Waals surface area contributed by atoms with Crippen molar-refractivity contribution in [2.75, 3.05) is 11.9 Å². The standard InChI is InChI=1S/C23H22N2O2/c1-17(18-10-4-2-5-11-18)24-16-22(26)25-21-15-9-8-14-20(21)23(27)19-12-6-3-7-13-19/h2-15,17,24H,16H2,1H3,(H,25,26)/p+1/t17-/m1/s1. The predicted molar refractivity (Wildman–Crippen MR) is 107 cm³/mol. The van der Waals surface area contributed by atoms with Gasteiger partial charge in [-0.1, -0.05) is 72.8 Å². The highest BCUT2D eigenvalue weighted by molar-refractivity contribution is 6.13. The van der Waals surface area contributed by atoms with Crippen LogP contribution in [-0.4, -0.2) is 18.2 Å². The van der Waals surface area contributed by atoms with Crippen molar-refractivity contribution in [3.8, 4) is 0 Å². The average molecular weight is 359 g/mol. The van der Waals surface area contributed by atoms with Crippen LogP contribution in [-0.2, 0) is 4.79 Å². The molecule has 1 atom stereocenters. The summed E-state index contributed by atoms with van der Waals surface area (Å²) in [5, 5.41) is 4.86. The maximum Gasteiger partial charge on any atom is 0.279 e. The molecular weight excluding hydrogens is 336 g/mol. The van der Waals surface area contributed by atoms with Crippen molar-refractivity contribution in [1.29, 1.82) is 0 Å². The molecule has 0 fully saturated rings. The van der Waals surface area contributed by atoms with Gasteiger partial charge in [0, 0.05) is 16.7 Å². The van der Waals surface area contributed by atoms with Gasteiger partial charge in [0.1, 0.15) is 6.04 Å². The monoisotopic (exact) mass is 359 g/mol. The Morgan fingerprint density at radius 2 is 1.44 bits per heavy atom. The minimum absolute atomic E-state index is 0.104. The largest absolute Gasteiger partial charge is 0.333 e. The van der Waals surface area contributed by atoms with Gasteiger partial charge < -0.3 is 10.6 Å². The van der Waals surface area contributed by atoms with Gasteiger partial charge in [0.05, 0.1) is 5.69 Å². The molecule has 3 aromatic carbocycles. The highest BCUT2D eigenvalue weighted by Gasteiger charge is 2.16. The van der Waals surface area contributed by atoms with E-state index in [1.54, 1.807) is 30.3 Å². The molecule has 3 rings (SSSR count). The van der Waals surface area contributed by atoms with Gasteiger partial charge in [-0.15, -0.1) is 0 Å². The normalized spacial score (nSPS) is 11.6. The Morgan fingerprint density at radius 1 is 0.852 bits per heavy atom. The topological polar surface area (TPSA) is 62.8 Å². The lowest BCUT2D eigenvalue weighted by Gasteiger charge is -2.13. The molecule has 0 aliphatic rings. The van der Waals surface area contributed by atoms with Crippen molar-refractivity contribution in [3.63, 3.8) is 0 Å². The number of amides is 1. The van der Waals surface area contributed by atoms with Crippen LogP contribution in [0, 0.1) is 0 Å². The fraction of sp³-hybridized carbons (Fsp3) is 0.130. The van der Waals surface area contributed by atoms with E-state index in [1.807, 2.05) is 59.9 Å². The number of nitrogens with two attached hydrogens (primary N) is 1. The molecule has 0 saturated carbocycles. The van der Waals surface area contributed by atoms with Gasteiger partial charge in [-0.05, 0) is 19.1 Å². The lowest BCUT2D eigenvalue weighted by Crippen LogP contribution is -2.86. The number of carbonyl (C=O) groups is 2. The van der Waals surface area contributed by atoms with Crippen LogP contribution in [0.25, 0.3) is 0 Å². The average Bonchev–Trinajstić information content (AvgIpc) is 2.73. The number of carbonyl (C=O) groups excluding carboxylic acids is 2. The molecule has 0 heterocycles. The summed E-state index contributed by atoms with van der Waals surface area (Å²) in [5.41, 5.74) is 2.80. The number of hydrogen-bond donors (Lipinski definition) is 2. The number of quaternary nitrogens is 1. The van der Waals surface area contributed by atoms with Gasteiger partial charge in [0.25, 0.3) is 5.91 Å². The number of ketones is 1. The smallest absolute Gasteiger partial charge is 0.279 e. The summed E-state index contributed by atoms with van der Waals surface area (Å²) < 4.78 is 0. The van der Waals surface area contributed by atoms with E-state index < -0.39 is 0 Å².